The molecule has 0 aliphatic rings. The van der Waals surface area contributed by atoms with Crippen molar-refractivity contribution in [3.05, 3.63) is 58.4 Å². The van der Waals surface area contributed by atoms with Crippen molar-refractivity contribution in [2.75, 3.05) is 18.1 Å². The molecule has 0 saturated carbocycles. The average molecular weight is 461 g/mol. The first-order chi connectivity index (χ1) is 14.1. The highest BCUT2D eigenvalue weighted by atomic mass is 35.5. The van der Waals surface area contributed by atoms with Crippen LogP contribution in [0.1, 0.15) is 17.3 Å². The summed E-state index contributed by atoms with van der Waals surface area (Å²) in [5.41, 5.74) is -0.509. The van der Waals surface area contributed by atoms with Crippen molar-refractivity contribution in [1.29, 1.82) is 0 Å². The van der Waals surface area contributed by atoms with Gasteiger partial charge in [-0.25, -0.2) is 18.0 Å². The van der Waals surface area contributed by atoms with E-state index in [9.17, 15) is 27.6 Å². The predicted octanol–water partition coefficient (Wildman–Crippen LogP) is 3.78. The summed E-state index contributed by atoms with van der Waals surface area (Å²) in [5.74, 6) is -7.24. The monoisotopic (exact) mass is 460 g/mol. The molecule has 0 spiro atoms. The lowest BCUT2D eigenvalue weighted by molar-refractivity contribution is -0.130. The molecule has 0 aromatic heterocycles. The molecular formula is C19H16ClF3N2O4S. The highest BCUT2D eigenvalue weighted by molar-refractivity contribution is 7.98. The first-order valence-electron chi connectivity index (χ1n) is 8.39. The van der Waals surface area contributed by atoms with Crippen LogP contribution in [-0.4, -0.2) is 36.7 Å². The van der Waals surface area contributed by atoms with Gasteiger partial charge in [0, 0.05) is 4.90 Å². The third-order valence-corrected chi connectivity index (χ3v) is 4.83. The maximum atomic E-state index is 13.6. The van der Waals surface area contributed by atoms with Crippen LogP contribution in [0.4, 0.5) is 18.9 Å². The van der Waals surface area contributed by atoms with Gasteiger partial charge in [-0.05, 0) is 43.5 Å². The van der Waals surface area contributed by atoms with Crippen LogP contribution in [0.5, 0.6) is 0 Å². The van der Waals surface area contributed by atoms with Gasteiger partial charge in [-0.2, -0.15) is 0 Å². The van der Waals surface area contributed by atoms with E-state index in [-0.39, 0.29) is 10.6 Å². The van der Waals surface area contributed by atoms with Gasteiger partial charge in [-0.1, -0.05) is 11.6 Å². The zero-order valence-corrected chi connectivity index (χ0v) is 17.3. The summed E-state index contributed by atoms with van der Waals surface area (Å²) >= 11 is 7.37. The zero-order valence-electron chi connectivity index (χ0n) is 15.7. The maximum Gasteiger partial charge on any atom is 0.340 e. The van der Waals surface area contributed by atoms with E-state index in [2.05, 4.69) is 5.32 Å². The van der Waals surface area contributed by atoms with E-state index in [1.165, 1.54) is 30.8 Å². The van der Waals surface area contributed by atoms with Crippen LogP contribution in [0.2, 0.25) is 5.02 Å². The molecular weight excluding hydrogens is 445 g/mol. The number of carbonyl (C=O) groups excluding carboxylic acids is 3. The highest BCUT2D eigenvalue weighted by Gasteiger charge is 2.22. The molecule has 160 valence electrons. The van der Waals surface area contributed by atoms with Crippen LogP contribution < -0.4 is 10.6 Å². The minimum atomic E-state index is -1.73. The largest absolute Gasteiger partial charge is 0.449 e. The molecule has 0 unspecified atom stereocenters. The minimum absolute atomic E-state index is 0.0784. The number of hydrogen-bond donors (Lipinski definition) is 2. The summed E-state index contributed by atoms with van der Waals surface area (Å²) in [6, 6.07) is 6.24. The van der Waals surface area contributed by atoms with Crippen molar-refractivity contribution >= 4 is 46.8 Å². The standard InChI is InChI=1S/C19H16ClF3N2O4S/c1-9(29-19(28)11-7-10(30-2)3-4-12(11)20)18(27)24-8-15(26)25-14-6-5-13(21)16(22)17(14)23/h3-7,9H,8H2,1-2H3,(H,24,27)(H,25,26)/t9-/m0/s1. The topological polar surface area (TPSA) is 84.5 Å². The Morgan fingerprint density at radius 3 is 2.50 bits per heavy atom. The molecule has 0 bridgehead atoms. The van der Waals surface area contributed by atoms with Gasteiger partial charge in [0.1, 0.15) is 0 Å². The fourth-order valence-corrected chi connectivity index (χ4v) is 2.83. The van der Waals surface area contributed by atoms with Crippen LogP contribution in [0.15, 0.2) is 35.2 Å². The van der Waals surface area contributed by atoms with Crippen molar-refractivity contribution in [2.45, 2.75) is 17.9 Å². The van der Waals surface area contributed by atoms with E-state index in [1.54, 1.807) is 6.07 Å². The van der Waals surface area contributed by atoms with Gasteiger partial charge in [0.15, 0.2) is 23.6 Å². The minimum Gasteiger partial charge on any atom is -0.449 e. The molecule has 6 nitrogen and oxygen atoms in total. The van der Waals surface area contributed by atoms with Gasteiger partial charge >= 0.3 is 5.97 Å². The van der Waals surface area contributed by atoms with Gasteiger partial charge in [0.05, 0.1) is 22.8 Å². The number of rotatable bonds is 7. The molecule has 2 aromatic rings. The van der Waals surface area contributed by atoms with Crippen molar-refractivity contribution in [2.24, 2.45) is 0 Å². The number of hydrogen-bond acceptors (Lipinski definition) is 5. The van der Waals surface area contributed by atoms with E-state index in [0.29, 0.717) is 6.07 Å². The second-order valence-electron chi connectivity index (χ2n) is 5.88. The van der Waals surface area contributed by atoms with Crippen LogP contribution >= 0.6 is 23.4 Å². The van der Waals surface area contributed by atoms with E-state index in [1.807, 2.05) is 11.6 Å². The number of ether oxygens (including phenoxy) is 1. The Kier molecular flexibility index (Phi) is 8.13. The normalized spacial score (nSPS) is 11.5. The number of halogens is 4. The Hall–Kier alpha value is -2.72. The Morgan fingerprint density at radius 2 is 1.83 bits per heavy atom. The fourth-order valence-electron chi connectivity index (χ4n) is 2.19. The number of nitrogens with one attached hydrogen (secondary N) is 2. The molecule has 0 aliphatic heterocycles. The number of thioether (sulfide) groups is 1. The van der Waals surface area contributed by atoms with Gasteiger partial charge in [-0.3, -0.25) is 9.59 Å². The molecule has 30 heavy (non-hydrogen) atoms. The number of esters is 1. The lowest BCUT2D eigenvalue weighted by atomic mass is 10.2. The average Bonchev–Trinajstić information content (AvgIpc) is 2.72. The van der Waals surface area contributed by atoms with E-state index in [0.717, 1.165) is 11.0 Å². The molecule has 2 amide bonds. The number of carbonyl (C=O) groups is 3. The number of benzene rings is 2. The lowest BCUT2D eigenvalue weighted by Crippen LogP contribution is -2.40. The SMILES string of the molecule is CSc1ccc(Cl)c(C(=O)O[C@@H](C)C(=O)NCC(=O)Nc2ccc(F)c(F)c2F)c1. The van der Waals surface area contributed by atoms with Crippen LogP contribution in [0.25, 0.3) is 0 Å². The second kappa shape index (κ2) is 10.4. The number of amides is 2. The summed E-state index contributed by atoms with van der Waals surface area (Å²) in [6.07, 6.45) is 0.547. The Bertz CT molecular complexity index is 990. The Labute approximate surface area is 179 Å². The van der Waals surface area contributed by atoms with Crippen molar-refractivity contribution in [1.82, 2.24) is 5.32 Å². The molecule has 1 atom stereocenters. The van der Waals surface area contributed by atoms with Crippen LogP contribution in [0.3, 0.4) is 0 Å². The molecule has 0 aliphatic carbocycles. The van der Waals surface area contributed by atoms with Crippen LogP contribution in [0, 0.1) is 17.5 Å². The third-order valence-electron chi connectivity index (χ3n) is 3.78. The van der Waals surface area contributed by atoms with E-state index < -0.39 is 53.6 Å². The van der Waals surface area contributed by atoms with Crippen LogP contribution in [-0.2, 0) is 14.3 Å². The maximum absolute atomic E-state index is 13.6. The molecule has 11 heteroatoms. The summed E-state index contributed by atoms with van der Waals surface area (Å²) in [4.78, 5) is 36.9. The number of anilines is 1. The third kappa shape index (κ3) is 5.90. The summed E-state index contributed by atoms with van der Waals surface area (Å²) < 4.78 is 44.7. The second-order valence-corrected chi connectivity index (χ2v) is 7.17. The van der Waals surface area contributed by atoms with Crippen molar-refractivity contribution in [3.8, 4) is 0 Å². The quantitative estimate of drug-likeness (QED) is 0.373. The molecule has 0 heterocycles. The fraction of sp³-hybridized carbons (Fsp3) is 0.211. The Balaban J connectivity index is 1.91. The summed E-state index contributed by atoms with van der Waals surface area (Å²) in [7, 11) is 0. The Morgan fingerprint density at radius 1 is 1.13 bits per heavy atom. The van der Waals surface area contributed by atoms with Crippen molar-refractivity contribution in [3.63, 3.8) is 0 Å². The molecule has 2 aromatic carbocycles. The molecule has 0 saturated heterocycles. The first kappa shape index (κ1) is 23.6. The molecule has 0 radical (unpaired) electrons. The van der Waals surface area contributed by atoms with Gasteiger partial charge < -0.3 is 15.4 Å². The van der Waals surface area contributed by atoms with Gasteiger partial charge in [0.25, 0.3) is 5.91 Å². The molecule has 2 rings (SSSR count). The lowest BCUT2D eigenvalue weighted by Gasteiger charge is -2.14. The molecule has 0 fully saturated rings. The molecule has 2 N–H and O–H groups in total. The van der Waals surface area contributed by atoms with E-state index >= 15 is 0 Å². The van der Waals surface area contributed by atoms with Crippen molar-refractivity contribution < 1.29 is 32.3 Å². The predicted molar refractivity (Wildman–Crippen MR) is 106 cm³/mol. The smallest absolute Gasteiger partial charge is 0.340 e. The van der Waals surface area contributed by atoms with E-state index in [4.69, 9.17) is 16.3 Å². The van der Waals surface area contributed by atoms with Gasteiger partial charge in [0.2, 0.25) is 5.91 Å². The highest BCUT2D eigenvalue weighted by Crippen LogP contribution is 2.24. The zero-order chi connectivity index (χ0) is 22.4. The summed E-state index contributed by atoms with van der Waals surface area (Å²) in [6.45, 7) is 0.661. The summed E-state index contributed by atoms with van der Waals surface area (Å²) in [5, 5.41) is 4.33. The first-order valence-corrected chi connectivity index (χ1v) is 10.00. The van der Waals surface area contributed by atoms with Gasteiger partial charge in [-0.15, -0.1) is 11.8 Å².